The van der Waals surface area contributed by atoms with E-state index in [1.54, 1.807) is 12.1 Å². The lowest BCUT2D eigenvalue weighted by molar-refractivity contribution is 0.102. The Morgan fingerprint density at radius 1 is 1.24 bits per heavy atom. The Bertz CT molecular complexity index is 658. The van der Waals surface area contributed by atoms with E-state index in [9.17, 15) is 4.79 Å². The topological polar surface area (TPSA) is 80.0 Å². The summed E-state index contributed by atoms with van der Waals surface area (Å²) in [6, 6.07) is 10.8. The number of carbonyl (C=O) groups excluding carboxylic acids is 1. The number of rotatable bonds is 4. The van der Waals surface area contributed by atoms with E-state index in [1.807, 2.05) is 24.3 Å². The van der Waals surface area contributed by atoms with Crippen molar-refractivity contribution in [3.05, 3.63) is 52.7 Å². The molecule has 0 spiro atoms. The van der Waals surface area contributed by atoms with Crippen LogP contribution in [-0.4, -0.2) is 10.9 Å². The van der Waals surface area contributed by atoms with E-state index in [2.05, 4.69) is 29.6 Å². The van der Waals surface area contributed by atoms with E-state index in [1.165, 1.54) is 0 Å². The highest BCUT2D eigenvalue weighted by Gasteiger charge is 2.15. The number of pyridine rings is 1. The third kappa shape index (κ3) is 3.51. The van der Waals surface area contributed by atoms with E-state index in [4.69, 9.17) is 17.4 Å². The molecule has 1 aromatic heterocycles. The maximum Gasteiger partial charge on any atom is 0.275 e. The van der Waals surface area contributed by atoms with Crippen molar-refractivity contribution < 1.29 is 4.79 Å². The number of amides is 1. The predicted molar refractivity (Wildman–Crippen MR) is 85.5 cm³/mol. The second-order valence-electron chi connectivity index (χ2n) is 4.87. The number of halogens is 1. The Morgan fingerprint density at radius 3 is 2.62 bits per heavy atom. The summed E-state index contributed by atoms with van der Waals surface area (Å²) in [6.07, 6.45) is 0. The zero-order chi connectivity index (χ0) is 15.4. The molecule has 0 saturated carbocycles. The van der Waals surface area contributed by atoms with Crippen molar-refractivity contribution in [3.8, 4) is 0 Å². The maximum absolute atomic E-state index is 12.4. The van der Waals surface area contributed by atoms with Gasteiger partial charge in [0.2, 0.25) is 0 Å². The molecule has 0 bridgehead atoms. The standard InChI is InChI=1S/C15H17ClN4O/c1-9(2)10-5-3-4-6-12(10)18-15(21)14-11(16)7-8-13(19-14)20-17/h3-9H,17H2,1-2H3,(H,18,21)(H,19,20). The molecule has 1 heterocycles. The normalized spacial score (nSPS) is 10.5. The number of carbonyl (C=O) groups is 1. The quantitative estimate of drug-likeness (QED) is 0.597. The monoisotopic (exact) mass is 304 g/mol. The van der Waals surface area contributed by atoms with Gasteiger partial charge < -0.3 is 10.7 Å². The number of nitrogen functional groups attached to an aromatic ring is 1. The van der Waals surface area contributed by atoms with Crippen molar-refractivity contribution >= 4 is 29.0 Å². The molecule has 2 rings (SSSR count). The second kappa shape index (κ2) is 6.56. The van der Waals surface area contributed by atoms with Gasteiger partial charge in [0.25, 0.3) is 5.91 Å². The van der Waals surface area contributed by atoms with Crippen LogP contribution in [0.15, 0.2) is 36.4 Å². The van der Waals surface area contributed by atoms with Gasteiger partial charge in [-0.2, -0.15) is 0 Å². The van der Waals surface area contributed by atoms with Gasteiger partial charge in [0.05, 0.1) is 5.02 Å². The minimum absolute atomic E-state index is 0.130. The number of nitrogens with zero attached hydrogens (tertiary/aromatic N) is 1. The third-order valence-electron chi connectivity index (χ3n) is 3.04. The number of hydrogen-bond acceptors (Lipinski definition) is 4. The van der Waals surface area contributed by atoms with Crippen LogP contribution in [0.1, 0.15) is 35.8 Å². The lowest BCUT2D eigenvalue weighted by Gasteiger charge is -2.14. The Kier molecular flexibility index (Phi) is 4.77. The fraction of sp³-hybridized carbons (Fsp3) is 0.200. The number of nitrogens with one attached hydrogen (secondary N) is 2. The molecule has 110 valence electrons. The molecule has 0 radical (unpaired) electrons. The van der Waals surface area contributed by atoms with E-state index >= 15 is 0 Å². The summed E-state index contributed by atoms with van der Waals surface area (Å²) in [5.41, 5.74) is 4.33. The van der Waals surface area contributed by atoms with Crippen LogP contribution in [-0.2, 0) is 0 Å². The first kappa shape index (κ1) is 15.3. The zero-order valence-corrected chi connectivity index (χ0v) is 12.6. The molecular formula is C15H17ClN4O. The highest BCUT2D eigenvalue weighted by Crippen LogP contribution is 2.25. The van der Waals surface area contributed by atoms with Crippen LogP contribution >= 0.6 is 11.6 Å². The number of nitrogens with two attached hydrogens (primary N) is 1. The van der Waals surface area contributed by atoms with Crippen molar-refractivity contribution in [2.24, 2.45) is 5.84 Å². The minimum Gasteiger partial charge on any atom is -0.320 e. The summed E-state index contributed by atoms with van der Waals surface area (Å²) in [7, 11) is 0. The van der Waals surface area contributed by atoms with Crippen molar-refractivity contribution in [3.63, 3.8) is 0 Å². The average molecular weight is 305 g/mol. The largest absolute Gasteiger partial charge is 0.320 e. The Balaban J connectivity index is 2.30. The molecule has 0 saturated heterocycles. The fourth-order valence-corrected chi connectivity index (χ4v) is 2.17. The molecule has 0 aliphatic carbocycles. The van der Waals surface area contributed by atoms with Crippen molar-refractivity contribution in [2.75, 3.05) is 10.7 Å². The van der Waals surface area contributed by atoms with E-state index in [-0.39, 0.29) is 16.6 Å². The van der Waals surface area contributed by atoms with E-state index < -0.39 is 0 Å². The van der Waals surface area contributed by atoms with Crippen LogP contribution in [0.25, 0.3) is 0 Å². The van der Waals surface area contributed by atoms with Gasteiger partial charge in [0.15, 0.2) is 0 Å². The Morgan fingerprint density at radius 2 is 1.95 bits per heavy atom. The van der Waals surface area contributed by atoms with Crippen molar-refractivity contribution in [1.29, 1.82) is 0 Å². The third-order valence-corrected chi connectivity index (χ3v) is 3.34. The number of benzene rings is 1. The number of hydrazine groups is 1. The average Bonchev–Trinajstić information content (AvgIpc) is 2.48. The van der Waals surface area contributed by atoms with Crippen LogP contribution in [0, 0.1) is 0 Å². The predicted octanol–water partition coefficient (Wildman–Crippen LogP) is 3.40. The van der Waals surface area contributed by atoms with Gasteiger partial charge in [-0.3, -0.25) is 4.79 Å². The lowest BCUT2D eigenvalue weighted by atomic mass is 10.0. The molecule has 0 aliphatic heterocycles. The van der Waals surface area contributed by atoms with Gasteiger partial charge in [-0.25, -0.2) is 10.8 Å². The molecule has 0 aliphatic rings. The second-order valence-corrected chi connectivity index (χ2v) is 5.27. The maximum atomic E-state index is 12.4. The highest BCUT2D eigenvalue weighted by molar-refractivity contribution is 6.34. The van der Waals surface area contributed by atoms with Crippen LogP contribution < -0.4 is 16.6 Å². The number of aromatic nitrogens is 1. The molecular weight excluding hydrogens is 288 g/mol. The van der Waals surface area contributed by atoms with Crippen LogP contribution in [0.2, 0.25) is 5.02 Å². The molecule has 21 heavy (non-hydrogen) atoms. The van der Waals surface area contributed by atoms with Gasteiger partial charge >= 0.3 is 0 Å². The SMILES string of the molecule is CC(C)c1ccccc1NC(=O)c1nc(NN)ccc1Cl. The summed E-state index contributed by atoms with van der Waals surface area (Å²) in [4.78, 5) is 16.4. The summed E-state index contributed by atoms with van der Waals surface area (Å²) >= 11 is 6.02. The van der Waals surface area contributed by atoms with Gasteiger partial charge in [-0.15, -0.1) is 0 Å². The van der Waals surface area contributed by atoms with Crippen molar-refractivity contribution in [2.45, 2.75) is 19.8 Å². The summed E-state index contributed by atoms with van der Waals surface area (Å²) < 4.78 is 0. The molecule has 2 aromatic rings. The van der Waals surface area contributed by atoms with Gasteiger partial charge in [-0.05, 0) is 29.7 Å². The van der Waals surface area contributed by atoms with Gasteiger partial charge in [-0.1, -0.05) is 43.6 Å². The summed E-state index contributed by atoms with van der Waals surface area (Å²) in [6.45, 7) is 4.13. The first-order chi connectivity index (χ1) is 10.0. The summed E-state index contributed by atoms with van der Waals surface area (Å²) in [5, 5.41) is 3.12. The molecule has 6 heteroatoms. The Labute approximate surface area is 128 Å². The van der Waals surface area contributed by atoms with E-state index in [0.29, 0.717) is 11.7 Å². The molecule has 1 aromatic carbocycles. The smallest absolute Gasteiger partial charge is 0.275 e. The molecule has 0 unspecified atom stereocenters. The molecule has 0 atom stereocenters. The minimum atomic E-state index is -0.370. The lowest BCUT2D eigenvalue weighted by Crippen LogP contribution is -2.17. The molecule has 4 N–H and O–H groups in total. The number of anilines is 2. The fourth-order valence-electron chi connectivity index (χ4n) is 1.98. The zero-order valence-electron chi connectivity index (χ0n) is 11.9. The molecule has 0 fully saturated rings. The molecule has 1 amide bonds. The highest BCUT2D eigenvalue weighted by atomic mass is 35.5. The number of hydrogen-bond donors (Lipinski definition) is 3. The van der Waals surface area contributed by atoms with Gasteiger partial charge in [0.1, 0.15) is 11.5 Å². The first-order valence-corrected chi connectivity index (χ1v) is 6.94. The summed E-state index contributed by atoms with van der Waals surface area (Å²) in [5.74, 6) is 5.60. The van der Waals surface area contributed by atoms with Crippen LogP contribution in [0.4, 0.5) is 11.5 Å². The van der Waals surface area contributed by atoms with Crippen molar-refractivity contribution in [1.82, 2.24) is 4.98 Å². The first-order valence-electron chi connectivity index (χ1n) is 6.56. The Hall–Kier alpha value is -2.11. The van der Waals surface area contributed by atoms with Crippen LogP contribution in [0.3, 0.4) is 0 Å². The van der Waals surface area contributed by atoms with E-state index in [0.717, 1.165) is 11.3 Å². The van der Waals surface area contributed by atoms with Gasteiger partial charge in [0, 0.05) is 5.69 Å². The number of para-hydroxylation sites is 1. The molecule has 5 nitrogen and oxygen atoms in total. The van der Waals surface area contributed by atoms with Crippen LogP contribution in [0.5, 0.6) is 0 Å².